The van der Waals surface area contributed by atoms with E-state index in [0.717, 1.165) is 42.4 Å². The summed E-state index contributed by atoms with van der Waals surface area (Å²) in [5, 5.41) is 12.5. The molecule has 2 aromatic carbocycles. The normalized spacial score (nSPS) is 15.9. The van der Waals surface area contributed by atoms with Crippen molar-refractivity contribution in [2.75, 3.05) is 25.5 Å². The number of halogens is 3. The van der Waals surface area contributed by atoms with Gasteiger partial charge in [-0.05, 0) is 62.8 Å². The number of nitrogens with one attached hydrogen (secondary N) is 2. The number of anilines is 1. The molecule has 0 bridgehead atoms. The maximum Gasteiger partial charge on any atom is 0.228 e. The first-order chi connectivity index (χ1) is 13.4. The van der Waals surface area contributed by atoms with E-state index in [-0.39, 0.29) is 11.8 Å². The van der Waals surface area contributed by atoms with Gasteiger partial charge in [-0.2, -0.15) is 5.10 Å². The third-order valence-electron chi connectivity index (χ3n) is 5.19. The van der Waals surface area contributed by atoms with Crippen LogP contribution in [0.25, 0.3) is 22.0 Å². The number of carbonyl (C=O) groups excluding carboxylic acids is 1. The van der Waals surface area contributed by atoms with Crippen LogP contribution in [0, 0.1) is 5.92 Å². The van der Waals surface area contributed by atoms with Crippen molar-refractivity contribution in [3.8, 4) is 11.1 Å². The van der Waals surface area contributed by atoms with Gasteiger partial charge in [0.05, 0.1) is 15.6 Å². The molecule has 1 saturated heterocycles. The zero-order chi connectivity index (χ0) is 19.8. The molecule has 1 aromatic heterocycles. The van der Waals surface area contributed by atoms with Crippen LogP contribution in [0.5, 0.6) is 0 Å². The molecule has 28 heavy (non-hydrogen) atoms. The van der Waals surface area contributed by atoms with Crippen molar-refractivity contribution in [2.45, 2.75) is 12.8 Å². The highest BCUT2D eigenvalue weighted by molar-refractivity contribution is 6.41. The quantitative estimate of drug-likeness (QED) is 0.571. The predicted octanol–water partition coefficient (Wildman–Crippen LogP) is 5.47. The van der Waals surface area contributed by atoms with Crippen LogP contribution >= 0.6 is 34.8 Å². The van der Waals surface area contributed by atoms with Crippen molar-refractivity contribution >= 4 is 57.4 Å². The van der Waals surface area contributed by atoms with E-state index in [2.05, 4.69) is 27.5 Å². The highest BCUT2D eigenvalue weighted by Gasteiger charge is 2.24. The molecule has 0 saturated carbocycles. The molecule has 0 spiro atoms. The highest BCUT2D eigenvalue weighted by Crippen LogP contribution is 2.39. The van der Waals surface area contributed by atoms with Crippen molar-refractivity contribution in [2.24, 2.45) is 5.92 Å². The fourth-order valence-corrected chi connectivity index (χ4v) is 4.61. The van der Waals surface area contributed by atoms with Crippen molar-refractivity contribution in [1.82, 2.24) is 15.1 Å². The van der Waals surface area contributed by atoms with Crippen LogP contribution in [-0.4, -0.2) is 41.1 Å². The Balaban J connectivity index is 1.65. The molecular formula is C20H19Cl3N4O. The van der Waals surface area contributed by atoms with Gasteiger partial charge < -0.3 is 10.2 Å². The minimum absolute atomic E-state index is 0.00582. The largest absolute Gasteiger partial charge is 0.308 e. The molecule has 0 unspecified atom stereocenters. The molecule has 2 heterocycles. The molecule has 0 atom stereocenters. The number of hydrogen-bond donors (Lipinski definition) is 2. The Bertz CT molecular complexity index is 1020. The van der Waals surface area contributed by atoms with E-state index in [0.29, 0.717) is 26.4 Å². The van der Waals surface area contributed by atoms with Gasteiger partial charge in [0.15, 0.2) is 5.82 Å². The summed E-state index contributed by atoms with van der Waals surface area (Å²) in [4.78, 5) is 14.9. The molecule has 1 amide bonds. The molecule has 1 fully saturated rings. The monoisotopic (exact) mass is 436 g/mol. The molecular weight excluding hydrogens is 419 g/mol. The number of aromatic amines is 1. The van der Waals surface area contributed by atoms with Crippen LogP contribution in [0.3, 0.4) is 0 Å². The Hall–Kier alpha value is -1.79. The lowest BCUT2D eigenvalue weighted by Crippen LogP contribution is -2.36. The SMILES string of the molecule is CN1CCC(C(=O)Nc2n[nH]c3ccc(-c4c(Cl)cc(Cl)cc4Cl)cc23)CC1. The second-order valence-electron chi connectivity index (χ2n) is 7.14. The lowest BCUT2D eigenvalue weighted by atomic mass is 9.96. The second-order valence-corrected chi connectivity index (χ2v) is 8.39. The standard InChI is InChI=1S/C20H19Cl3N4O/c1-27-6-4-11(5-7-27)20(28)24-19-14-8-12(2-3-17(14)25-26-19)18-15(22)9-13(21)10-16(18)23/h2-3,8-11H,4-7H2,1H3,(H2,24,25,26,28). The molecule has 3 aromatic rings. The van der Waals surface area contributed by atoms with Crippen LogP contribution in [-0.2, 0) is 4.79 Å². The van der Waals surface area contributed by atoms with Gasteiger partial charge in [-0.1, -0.05) is 40.9 Å². The Morgan fingerprint density at radius 3 is 2.50 bits per heavy atom. The van der Waals surface area contributed by atoms with Gasteiger partial charge >= 0.3 is 0 Å². The van der Waals surface area contributed by atoms with E-state index >= 15 is 0 Å². The summed E-state index contributed by atoms with van der Waals surface area (Å²) in [7, 11) is 2.07. The Morgan fingerprint density at radius 2 is 1.82 bits per heavy atom. The number of aromatic nitrogens is 2. The van der Waals surface area contributed by atoms with Gasteiger partial charge in [0.2, 0.25) is 5.91 Å². The summed E-state index contributed by atoms with van der Waals surface area (Å²) in [5.74, 6) is 0.530. The smallest absolute Gasteiger partial charge is 0.228 e. The summed E-state index contributed by atoms with van der Waals surface area (Å²) >= 11 is 18.7. The van der Waals surface area contributed by atoms with Gasteiger partial charge in [0.1, 0.15) is 0 Å². The molecule has 0 radical (unpaired) electrons. The Labute approximate surface area is 177 Å². The van der Waals surface area contributed by atoms with Gasteiger partial charge in [0.25, 0.3) is 0 Å². The van der Waals surface area contributed by atoms with Crippen LogP contribution in [0.1, 0.15) is 12.8 Å². The summed E-state index contributed by atoms with van der Waals surface area (Å²) < 4.78 is 0. The summed E-state index contributed by atoms with van der Waals surface area (Å²) in [5.41, 5.74) is 2.35. The summed E-state index contributed by atoms with van der Waals surface area (Å²) in [6, 6.07) is 9.04. The molecule has 2 N–H and O–H groups in total. The van der Waals surface area contributed by atoms with Crippen LogP contribution < -0.4 is 5.32 Å². The number of likely N-dealkylation sites (tertiary alicyclic amines) is 1. The van der Waals surface area contributed by atoms with Gasteiger partial charge in [-0.25, -0.2) is 0 Å². The second kappa shape index (κ2) is 7.91. The van der Waals surface area contributed by atoms with Gasteiger partial charge in [-0.3, -0.25) is 9.89 Å². The summed E-state index contributed by atoms with van der Waals surface area (Å²) in [6.45, 7) is 1.86. The van der Waals surface area contributed by atoms with Crippen LogP contribution in [0.2, 0.25) is 15.1 Å². The van der Waals surface area contributed by atoms with Crippen molar-refractivity contribution in [3.05, 3.63) is 45.4 Å². The maximum atomic E-state index is 12.7. The van der Waals surface area contributed by atoms with Crippen molar-refractivity contribution in [1.29, 1.82) is 0 Å². The fraction of sp³-hybridized carbons (Fsp3) is 0.300. The lowest BCUT2D eigenvalue weighted by Gasteiger charge is -2.27. The Kier molecular flexibility index (Phi) is 5.52. The highest BCUT2D eigenvalue weighted by atomic mass is 35.5. The number of fused-ring (bicyclic) bond motifs is 1. The first-order valence-corrected chi connectivity index (χ1v) is 10.2. The zero-order valence-corrected chi connectivity index (χ0v) is 17.5. The average Bonchev–Trinajstić information content (AvgIpc) is 3.04. The van der Waals surface area contributed by atoms with E-state index in [4.69, 9.17) is 34.8 Å². The van der Waals surface area contributed by atoms with E-state index in [1.165, 1.54) is 0 Å². The number of hydrogen-bond acceptors (Lipinski definition) is 3. The first-order valence-electron chi connectivity index (χ1n) is 9.05. The van der Waals surface area contributed by atoms with E-state index in [1.54, 1.807) is 12.1 Å². The fourth-order valence-electron chi connectivity index (χ4n) is 3.57. The van der Waals surface area contributed by atoms with Crippen molar-refractivity contribution in [3.63, 3.8) is 0 Å². The van der Waals surface area contributed by atoms with Gasteiger partial charge in [0, 0.05) is 21.9 Å². The number of H-pyrrole nitrogens is 1. The molecule has 1 aliphatic rings. The minimum Gasteiger partial charge on any atom is -0.308 e. The lowest BCUT2D eigenvalue weighted by molar-refractivity contribution is -0.121. The number of rotatable bonds is 3. The molecule has 0 aliphatic carbocycles. The summed E-state index contributed by atoms with van der Waals surface area (Å²) in [6.07, 6.45) is 1.71. The molecule has 4 rings (SSSR count). The molecule has 8 heteroatoms. The van der Waals surface area contributed by atoms with E-state index < -0.39 is 0 Å². The topological polar surface area (TPSA) is 61.0 Å². The first kappa shape index (κ1) is 19.5. The molecule has 146 valence electrons. The molecule has 5 nitrogen and oxygen atoms in total. The minimum atomic E-state index is 0.00582. The zero-order valence-electron chi connectivity index (χ0n) is 15.2. The third kappa shape index (κ3) is 3.85. The number of nitrogens with zero attached hydrogens (tertiary/aromatic N) is 2. The maximum absolute atomic E-state index is 12.7. The average molecular weight is 438 g/mol. The van der Waals surface area contributed by atoms with E-state index in [9.17, 15) is 4.79 Å². The van der Waals surface area contributed by atoms with Crippen LogP contribution in [0.15, 0.2) is 30.3 Å². The number of benzene rings is 2. The van der Waals surface area contributed by atoms with Crippen molar-refractivity contribution < 1.29 is 4.79 Å². The van der Waals surface area contributed by atoms with Crippen LogP contribution in [0.4, 0.5) is 5.82 Å². The number of carbonyl (C=O) groups is 1. The Morgan fingerprint density at radius 1 is 1.14 bits per heavy atom. The molecule has 1 aliphatic heterocycles. The number of amides is 1. The number of piperidine rings is 1. The van der Waals surface area contributed by atoms with E-state index in [1.807, 2.05) is 18.2 Å². The van der Waals surface area contributed by atoms with Gasteiger partial charge in [-0.15, -0.1) is 0 Å². The third-order valence-corrected chi connectivity index (χ3v) is 6.00. The predicted molar refractivity (Wildman–Crippen MR) is 115 cm³/mol.